The molecule has 0 unspecified atom stereocenters. The van der Waals surface area contributed by atoms with Crippen LogP contribution in [0.1, 0.15) is 21.5 Å². The minimum absolute atomic E-state index is 0.322. The van der Waals surface area contributed by atoms with Crippen LogP contribution in [0.5, 0.6) is 17.2 Å². The fourth-order valence-corrected chi connectivity index (χ4v) is 2.54. The number of benzene rings is 3. The van der Waals surface area contributed by atoms with Gasteiger partial charge in [0.05, 0.1) is 5.56 Å². The van der Waals surface area contributed by atoms with E-state index in [-0.39, 0.29) is 0 Å². The summed E-state index contributed by atoms with van der Waals surface area (Å²) in [5.74, 6) is 0.393. The normalized spacial score (nSPS) is 10.1. The molecule has 5 nitrogen and oxygen atoms in total. The monoisotopic (exact) mass is 388 g/mol. The van der Waals surface area contributed by atoms with E-state index in [4.69, 9.17) is 14.2 Å². The predicted molar refractivity (Wildman–Crippen MR) is 109 cm³/mol. The van der Waals surface area contributed by atoms with Crippen LogP contribution in [-0.2, 0) is 11.4 Å². The number of ether oxygens (including phenoxy) is 3. The lowest BCUT2D eigenvalue weighted by molar-refractivity contribution is -0.128. The van der Waals surface area contributed by atoms with Gasteiger partial charge in [0, 0.05) is 6.08 Å². The second kappa shape index (κ2) is 9.37. The van der Waals surface area contributed by atoms with Gasteiger partial charge >= 0.3 is 11.9 Å². The summed E-state index contributed by atoms with van der Waals surface area (Å²) in [7, 11) is 0. The summed E-state index contributed by atoms with van der Waals surface area (Å²) in [6.45, 7) is 5.64. The maximum atomic E-state index is 12.4. The van der Waals surface area contributed by atoms with E-state index >= 15 is 0 Å². The molecule has 29 heavy (non-hydrogen) atoms. The fourth-order valence-electron chi connectivity index (χ4n) is 2.54. The number of carbonyl (C=O) groups is 2. The van der Waals surface area contributed by atoms with Crippen LogP contribution in [0.2, 0.25) is 0 Å². The molecule has 3 rings (SSSR count). The van der Waals surface area contributed by atoms with Crippen LogP contribution in [0.4, 0.5) is 0 Å². The maximum absolute atomic E-state index is 12.4. The van der Waals surface area contributed by atoms with Gasteiger partial charge in [-0.1, -0.05) is 36.9 Å². The van der Waals surface area contributed by atoms with Crippen molar-refractivity contribution in [2.75, 3.05) is 0 Å². The van der Waals surface area contributed by atoms with E-state index in [0.717, 1.165) is 17.2 Å². The summed E-state index contributed by atoms with van der Waals surface area (Å²) < 4.78 is 16.2. The molecular weight excluding hydrogens is 368 g/mol. The highest BCUT2D eigenvalue weighted by molar-refractivity contribution is 5.91. The Hall–Kier alpha value is -3.86. The number of esters is 2. The van der Waals surface area contributed by atoms with Crippen molar-refractivity contribution in [3.05, 3.63) is 102 Å². The van der Waals surface area contributed by atoms with Gasteiger partial charge in [0.1, 0.15) is 23.9 Å². The van der Waals surface area contributed by atoms with Crippen molar-refractivity contribution in [1.82, 2.24) is 0 Å². The van der Waals surface area contributed by atoms with Gasteiger partial charge in [0.2, 0.25) is 0 Å². The Bertz CT molecular complexity index is 1010. The van der Waals surface area contributed by atoms with Crippen molar-refractivity contribution in [1.29, 1.82) is 0 Å². The van der Waals surface area contributed by atoms with E-state index in [0.29, 0.717) is 29.4 Å². The lowest BCUT2D eigenvalue weighted by atomic mass is 10.2. The second-order valence-electron chi connectivity index (χ2n) is 6.24. The van der Waals surface area contributed by atoms with Gasteiger partial charge in [-0.15, -0.1) is 0 Å². The Kier molecular flexibility index (Phi) is 6.43. The number of carbonyl (C=O) groups excluding carboxylic acids is 2. The lowest BCUT2D eigenvalue weighted by Crippen LogP contribution is -2.10. The average molecular weight is 388 g/mol. The molecule has 0 saturated carbocycles. The molecule has 0 atom stereocenters. The van der Waals surface area contributed by atoms with Gasteiger partial charge in [0.25, 0.3) is 0 Å². The first-order valence-electron chi connectivity index (χ1n) is 8.99. The summed E-state index contributed by atoms with van der Waals surface area (Å²) in [5.41, 5.74) is 2.19. The molecule has 0 radical (unpaired) electrons. The Morgan fingerprint density at radius 1 is 0.897 bits per heavy atom. The van der Waals surface area contributed by atoms with Crippen LogP contribution >= 0.6 is 0 Å². The molecule has 0 N–H and O–H groups in total. The van der Waals surface area contributed by atoms with Crippen molar-refractivity contribution in [2.24, 2.45) is 0 Å². The quantitative estimate of drug-likeness (QED) is 0.328. The molecule has 0 aliphatic heterocycles. The lowest BCUT2D eigenvalue weighted by Gasteiger charge is -2.11. The summed E-state index contributed by atoms with van der Waals surface area (Å²) in [6, 6.07) is 21.2. The summed E-state index contributed by atoms with van der Waals surface area (Å²) in [5, 5.41) is 0. The number of hydrogen-bond donors (Lipinski definition) is 0. The second-order valence-corrected chi connectivity index (χ2v) is 6.24. The fraction of sp³-hybridized carbons (Fsp3) is 0.0833. The predicted octanol–water partition coefficient (Wildman–Crippen LogP) is 4.88. The van der Waals surface area contributed by atoms with Gasteiger partial charge in [-0.2, -0.15) is 0 Å². The third-order valence-corrected chi connectivity index (χ3v) is 4.07. The molecule has 0 fully saturated rings. The highest BCUT2D eigenvalue weighted by Gasteiger charge is 2.12. The van der Waals surface area contributed by atoms with Crippen LogP contribution in [0.15, 0.2) is 85.5 Å². The molecule has 0 amide bonds. The van der Waals surface area contributed by atoms with Crippen molar-refractivity contribution < 1.29 is 23.8 Å². The van der Waals surface area contributed by atoms with Gasteiger partial charge in [-0.3, -0.25) is 0 Å². The van der Waals surface area contributed by atoms with E-state index in [1.165, 1.54) is 24.3 Å². The van der Waals surface area contributed by atoms with Crippen molar-refractivity contribution in [2.45, 2.75) is 13.5 Å². The van der Waals surface area contributed by atoms with Crippen molar-refractivity contribution in [3.63, 3.8) is 0 Å². The average Bonchev–Trinajstić information content (AvgIpc) is 2.75. The zero-order valence-corrected chi connectivity index (χ0v) is 16.0. The SMILES string of the molecule is C=CC(=O)Oc1ccc(C(=O)Oc2ccc(OCc3ccccc3)cc2C)cc1. The highest BCUT2D eigenvalue weighted by Crippen LogP contribution is 2.25. The van der Waals surface area contributed by atoms with E-state index < -0.39 is 11.9 Å². The zero-order chi connectivity index (χ0) is 20.6. The molecular formula is C24H20O5. The summed E-state index contributed by atoms with van der Waals surface area (Å²) in [4.78, 5) is 23.6. The van der Waals surface area contributed by atoms with Gasteiger partial charge in [0.15, 0.2) is 0 Å². The minimum atomic E-state index is -0.564. The Morgan fingerprint density at radius 2 is 1.59 bits per heavy atom. The van der Waals surface area contributed by atoms with Crippen LogP contribution in [-0.4, -0.2) is 11.9 Å². The summed E-state index contributed by atoms with van der Waals surface area (Å²) in [6.07, 6.45) is 1.07. The molecule has 0 heterocycles. The first-order valence-corrected chi connectivity index (χ1v) is 8.99. The smallest absolute Gasteiger partial charge is 0.343 e. The molecule has 0 aliphatic rings. The van der Waals surface area contributed by atoms with E-state index in [1.807, 2.05) is 43.3 Å². The highest BCUT2D eigenvalue weighted by atomic mass is 16.5. The van der Waals surface area contributed by atoms with Gasteiger partial charge < -0.3 is 14.2 Å². The van der Waals surface area contributed by atoms with E-state index in [9.17, 15) is 9.59 Å². The van der Waals surface area contributed by atoms with Crippen LogP contribution in [0.25, 0.3) is 0 Å². The molecule has 3 aromatic rings. The first kappa shape index (κ1) is 19.9. The molecule has 3 aromatic carbocycles. The van der Waals surface area contributed by atoms with Gasteiger partial charge in [-0.25, -0.2) is 9.59 Å². The maximum Gasteiger partial charge on any atom is 0.343 e. The summed E-state index contributed by atoms with van der Waals surface area (Å²) >= 11 is 0. The topological polar surface area (TPSA) is 61.8 Å². The Labute approximate surface area is 169 Å². The van der Waals surface area contributed by atoms with Crippen LogP contribution < -0.4 is 14.2 Å². The van der Waals surface area contributed by atoms with E-state index in [2.05, 4.69) is 6.58 Å². The van der Waals surface area contributed by atoms with E-state index in [1.54, 1.807) is 12.1 Å². The molecule has 0 aliphatic carbocycles. The van der Waals surface area contributed by atoms with Crippen molar-refractivity contribution >= 4 is 11.9 Å². The van der Waals surface area contributed by atoms with Crippen LogP contribution in [0.3, 0.4) is 0 Å². The molecule has 0 aromatic heterocycles. The van der Waals surface area contributed by atoms with Gasteiger partial charge in [-0.05, 0) is 60.5 Å². The number of aryl methyl sites for hydroxylation is 1. The zero-order valence-electron chi connectivity index (χ0n) is 16.0. The Morgan fingerprint density at radius 3 is 2.24 bits per heavy atom. The molecule has 146 valence electrons. The largest absolute Gasteiger partial charge is 0.489 e. The molecule has 0 spiro atoms. The number of hydrogen-bond acceptors (Lipinski definition) is 5. The third-order valence-electron chi connectivity index (χ3n) is 4.07. The number of rotatable bonds is 7. The van der Waals surface area contributed by atoms with Crippen LogP contribution in [0, 0.1) is 6.92 Å². The minimum Gasteiger partial charge on any atom is -0.489 e. The molecule has 0 saturated heterocycles. The first-order chi connectivity index (χ1) is 14.0. The molecule has 5 heteroatoms. The standard InChI is InChI=1S/C24H20O5/c1-3-23(25)28-20-11-9-19(10-12-20)24(26)29-22-14-13-21(15-17(22)2)27-16-18-7-5-4-6-8-18/h3-15H,1,16H2,2H3. The Balaban J connectivity index is 1.61. The third kappa shape index (κ3) is 5.56. The molecule has 0 bridgehead atoms. The van der Waals surface area contributed by atoms with Crippen molar-refractivity contribution in [3.8, 4) is 17.2 Å².